The van der Waals surface area contributed by atoms with Crippen LogP contribution in [0.1, 0.15) is 5.56 Å². The van der Waals surface area contributed by atoms with Crippen LogP contribution in [0.5, 0.6) is 0 Å². The van der Waals surface area contributed by atoms with Crippen molar-refractivity contribution in [3.05, 3.63) is 46.2 Å². The van der Waals surface area contributed by atoms with Crippen LogP contribution in [-0.2, 0) is 16.0 Å². The van der Waals surface area contributed by atoms with Gasteiger partial charge in [0.2, 0.25) is 0 Å². The van der Waals surface area contributed by atoms with Crippen molar-refractivity contribution in [3.63, 3.8) is 0 Å². The second-order valence-corrected chi connectivity index (χ2v) is 4.52. The van der Waals surface area contributed by atoms with E-state index in [-0.39, 0.29) is 11.8 Å². The molecule has 0 spiro atoms. The summed E-state index contributed by atoms with van der Waals surface area (Å²) < 4.78 is 12.5. The van der Waals surface area contributed by atoms with Crippen LogP contribution in [0, 0.1) is 6.92 Å². The van der Waals surface area contributed by atoms with Crippen molar-refractivity contribution in [2.45, 2.75) is 19.8 Å². The second kappa shape index (κ2) is 4.55. The number of benzene rings is 1. The first kappa shape index (κ1) is 11.4. The van der Waals surface area contributed by atoms with Crippen molar-refractivity contribution >= 4 is 10.9 Å². The molecule has 2 heterocycles. The Kier molecular flexibility index (Phi) is 2.89. The zero-order valence-electron chi connectivity index (χ0n) is 10.3. The molecule has 0 radical (unpaired) electrons. The highest BCUT2D eigenvalue weighted by molar-refractivity contribution is 5.79. The minimum atomic E-state index is -0.311. The molecular weight excluding hydrogens is 230 g/mol. The highest BCUT2D eigenvalue weighted by atomic mass is 16.7. The van der Waals surface area contributed by atoms with Gasteiger partial charge in [-0.05, 0) is 30.0 Å². The number of pyridine rings is 1. The maximum atomic E-state index is 12.0. The summed E-state index contributed by atoms with van der Waals surface area (Å²) in [4.78, 5) is 12.0. The summed E-state index contributed by atoms with van der Waals surface area (Å²) >= 11 is 0. The molecular formula is C14H15NO3. The normalized spacial score (nSPS) is 16.5. The third-order valence-electron chi connectivity index (χ3n) is 3.17. The summed E-state index contributed by atoms with van der Waals surface area (Å²) in [6.07, 6.45) is -0.311. The third kappa shape index (κ3) is 2.05. The molecule has 0 aliphatic carbocycles. The molecule has 94 valence electrons. The molecule has 1 aromatic heterocycles. The number of aryl methyl sites for hydroxylation is 1. The Morgan fingerprint density at radius 2 is 1.94 bits per heavy atom. The molecule has 1 fully saturated rings. The Morgan fingerprint density at radius 3 is 2.72 bits per heavy atom. The Labute approximate surface area is 105 Å². The Hall–Kier alpha value is -1.65. The van der Waals surface area contributed by atoms with E-state index in [1.165, 1.54) is 0 Å². The Bertz CT molecular complexity index is 626. The lowest BCUT2D eigenvalue weighted by Gasteiger charge is -2.14. The first-order valence-electron chi connectivity index (χ1n) is 6.07. The fourth-order valence-electron chi connectivity index (χ4n) is 2.25. The largest absolute Gasteiger partial charge is 0.348 e. The van der Waals surface area contributed by atoms with E-state index in [1.807, 2.05) is 31.2 Å². The number of ether oxygens (including phenoxy) is 2. The van der Waals surface area contributed by atoms with Crippen molar-refractivity contribution < 1.29 is 9.47 Å². The predicted octanol–water partition coefficient (Wildman–Crippen LogP) is 1.68. The third-order valence-corrected chi connectivity index (χ3v) is 3.17. The van der Waals surface area contributed by atoms with E-state index in [4.69, 9.17) is 9.47 Å². The van der Waals surface area contributed by atoms with E-state index in [0.717, 1.165) is 16.5 Å². The molecule has 0 atom stereocenters. The smallest absolute Gasteiger partial charge is 0.251 e. The van der Waals surface area contributed by atoms with Gasteiger partial charge in [0, 0.05) is 6.07 Å². The van der Waals surface area contributed by atoms with E-state index < -0.39 is 0 Å². The van der Waals surface area contributed by atoms with E-state index in [1.54, 1.807) is 10.6 Å². The number of hydrogen-bond donors (Lipinski definition) is 0. The number of rotatable bonds is 2. The van der Waals surface area contributed by atoms with E-state index in [2.05, 4.69) is 0 Å². The van der Waals surface area contributed by atoms with E-state index >= 15 is 0 Å². The quantitative estimate of drug-likeness (QED) is 0.808. The van der Waals surface area contributed by atoms with Gasteiger partial charge >= 0.3 is 0 Å². The van der Waals surface area contributed by atoms with Crippen LogP contribution in [0.2, 0.25) is 0 Å². The lowest BCUT2D eigenvalue weighted by atomic mass is 10.1. The second-order valence-electron chi connectivity index (χ2n) is 4.52. The van der Waals surface area contributed by atoms with Crippen LogP contribution in [0.4, 0.5) is 0 Å². The lowest BCUT2D eigenvalue weighted by Crippen LogP contribution is -2.26. The minimum absolute atomic E-state index is 0.0211. The SMILES string of the molecule is Cc1ccc2ccc(=O)n(CC3OCCO3)c2c1. The number of hydrogen-bond acceptors (Lipinski definition) is 3. The van der Waals surface area contributed by atoms with Gasteiger partial charge < -0.3 is 14.0 Å². The van der Waals surface area contributed by atoms with Crippen LogP contribution in [0.25, 0.3) is 10.9 Å². The highest BCUT2D eigenvalue weighted by Crippen LogP contribution is 2.15. The number of fused-ring (bicyclic) bond motifs is 1. The molecule has 0 saturated carbocycles. The van der Waals surface area contributed by atoms with Crippen LogP contribution in [0.3, 0.4) is 0 Å². The molecule has 1 aromatic carbocycles. The number of nitrogens with zero attached hydrogens (tertiary/aromatic N) is 1. The maximum Gasteiger partial charge on any atom is 0.251 e. The lowest BCUT2D eigenvalue weighted by molar-refractivity contribution is -0.0522. The zero-order chi connectivity index (χ0) is 12.5. The number of aromatic nitrogens is 1. The molecule has 0 amide bonds. The van der Waals surface area contributed by atoms with Crippen molar-refractivity contribution in [2.75, 3.05) is 13.2 Å². The van der Waals surface area contributed by atoms with E-state index in [0.29, 0.717) is 19.8 Å². The van der Waals surface area contributed by atoms with Crippen molar-refractivity contribution in [1.82, 2.24) is 4.57 Å². The molecule has 4 nitrogen and oxygen atoms in total. The molecule has 0 N–H and O–H groups in total. The molecule has 4 heteroatoms. The summed E-state index contributed by atoms with van der Waals surface area (Å²) in [5, 5.41) is 1.05. The van der Waals surface area contributed by atoms with Crippen molar-refractivity contribution in [2.24, 2.45) is 0 Å². The molecule has 1 saturated heterocycles. The van der Waals surface area contributed by atoms with Gasteiger partial charge in [-0.1, -0.05) is 12.1 Å². The molecule has 18 heavy (non-hydrogen) atoms. The molecule has 1 aliphatic heterocycles. The van der Waals surface area contributed by atoms with Gasteiger partial charge in [-0.25, -0.2) is 0 Å². The summed E-state index contributed by atoms with van der Waals surface area (Å²) in [7, 11) is 0. The van der Waals surface area contributed by atoms with Gasteiger partial charge in [0.05, 0.1) is 25.3 Å². The first-order valence-corrected chi connectivity index (χ1v) is 6.07. The predicted molar refractivity (Wildman–Crippen MR) is 68.6 cm³/mol. The summed E-state index contributed by atoms with van der Waals surface area (Å²) in [6, 6.07) is 9.53. The Morgan fingerprint density at radius 1 is 1.22 bits per heavy atom. The standard InChI is InChI=1S/C14H15NO3/c1-10-2-3-11-4-5-13(16)15(12(11)8-10)9-14-17-6-7-18-14/h2-5,8,14H,6-7,9H2,1H3. The Balaban J connectivity index is 2.10. The van der Waals surface area contributed by atoms with Crippen molar-refractivity contribution in [3.8, 4) is 0 Å². The van der Waals surface area contributed by atoms with Crippen LogP contribution in [0.15, 0.2) is 35.1 Å². The zero-order valence-corrected chi connectivity index (χ0v) is 10.3. The van der Waals surface area contributed by atoms with Gasteiger partial charge in [0.25, 0.3) is 5.56 Å². The minimum Gasteiger partial charge on any atom is -0.348 e. The van der Waals surface area contributed by atoms with E-state index in [9.17, 15) is 4.79 Å². The first-order chi connectivity index (χ1) is 8.74. The maximum absolute atomic E-state index is 12.0. The van der Waals surface area contributed by atoms with Gasteiger partial charge in [-0.2, -0.15) is 0 Å². The fourth-order valence-corrected chi connectivity index (χ4v) is 2.25. The highest BCUT2D eigenvalue weighted by Gasteiger charge is 2.17. The van der Waals surface area contributed by atoms with Crippen molar-refractivity contribution in [1.29, 1.82) is 0 Å². The topological polar surface area (TPSA) is 40.5 Å². The fraction of sp³-hybridized carbons (Fsp3) is 0.357. The van der Waals surface area contributed by atoms with Gasteiger partial charge in [-0.15, -0.1) is 0 Å². The van der Waals surface area contributed by atoms with Gasteiger partial charge in [0.1, 0.15) is 0 Å². The van der Waals surface area contributed by atoms with Crippen LogP contribution >= 0.6 is 0 Å². The van der Waals surface area contributed by atoms with Crippen LogP contribution in [-0.4, -0.2) is 24.1 Å². The van der Waals surface area contributed by atoms with Gasteiger partial charge in [-0.3, -0.25) is 4.79 Å². The molecule has 2 aromatic rings. The van der Waals surface area contributed by atoms with Crippen LogP contribution < -0.4 is 5.56 Å². The molecule has 0 bridgehead atoms. The molecule has 3 rings (SSSR count). The summed E-state index contributed by atoms with van der Waals surface area (Å²) in [5.74, 6) is 0. The van der Waals surface area contributed by atoms with Gasteiger partial charge in [0.15, 0.2) is 6.29 Å². The summed E-state index contributed by atoms with van der Waals surface area (Å²) in [6.45, 7) is 3.66. The molecule has 1 aliphatic rings. The average molecular weight is 245 g/mol. The molecule has 0 unspecified atom stereocenters. The average Bonchev–Trinajstić information content (AvgIpc) is 2.86. The monoisotopic (exact) mass is 245 g/mol. The summed E-state index contributed by atoms with van der Waals surface area (Å²) in [5.41, 5.74) is 2.05.